The Hall–Kier alpha value is -0.610. The number of aliphatic carboxylic acids is 1. The highest BCUT2D eigenvalue weighted by atomic mass is 16.4. The molecule has 0 amide bonds. The minimum absolute atomic E-state index is 0.279. The fourth-order valence-corrected chi connectivity index (χ4v) is 3.28. The van der Waals surface area contributed by atoms with Crippen molar-refractivity contribution in [2.75, 3.05) is 19.6 Å². The first-order valence-electron chi connectivity index (χ1n) is 8.03. The Labute approximate surface area is 122 Å². The predicted molar refractivity (Wildman–Crippen MR) is 80.8 cm³/mol. The molecule has 2 rings (SSSR count). The summed E-state index contributed by atoms with van der Waals surface area (Å²) in [5.41, 5.74) is 0.279. The van der Waals surface area contributed by atoms with Crippen molar-refractivity contribution in [2.45, 2.75) is 65.0 Å². The maximum absolute atomic E-state index is 11.0. The van der Waals surface area contributed by atoms with Crippen LogP contribution in [0.1, 0.15) is 52.9 Å². The zero-order valence-electron chi connectivity index (χ0n) is 13.2. The molecule has 2 N–H and O–H groups in total. The third-order valence-electron chi connectivity index (χ3n) is 4.54. The van der Waals surface area contributed by atoms with Crippen LogP contribution in [-0.2, 0) is 4.79 Å². The molecule has 2 aliphatic rings. The van der Waals surface area contributed by atoms with Crippen molar-refractivity contribution in [1.29, 1.82) is 0 Å². The lowest BCUT2D eigenvalue weighted by Gasteiger charge is -2.45. The van der Waals surface area contributed by atoms with Gasteiger partial charge in [-0.1, -0.05) is 27.2 Å². The molecule has 1 aliphatic heterocycles. The van der Waals surface area contributed by atoms with Crippen molar-refractivity contribution in [2.24, 2.45) is 11.3 Å². The van der Waals surface area contributed by atoms with Crippen LogP contribution in [-0.4, -0.2) is 47.7 Å². The average Bonchev–Trinajstić information content (AvgIpc) is 2.21. The fourth-order valence-electron chi connectivity index (χ4n) is 3.28. The van der Waals surface area contributed by atoms with Gasteiger partial charge in [0, 0.05) is 38.1 Å². The van der Waals surface area contributed by atoms with Crippen LogP contribution in [0.5, 0.6) is 0 Å². The zero-order valence-corrected chi connectivity index (χ0v) is 13.2. The zero-order chi connectivity index (χ0) is 14.8. The van der Waals surface area contributed by atoms with Gasteiger partial charge in [0.25, 0.3) is 0 Å². The summed E-state index contributed by atoms with van der Waals surface area (Å²) in [6.07, 6.45) is 5.25. The summed E-state index contributed by atoms with van der Waals surface area (Å²) in [4.78, 5) is 13.6. The SMILES string of the molecule is CC(C)(C)CNC1CC(CC(=O)O)CN(C2CCC2)C1. The highest BCUT2D eigenvalue weighted by Crippen LogP contribution is 2.30. The standard InChI is InChI=1S/C16H30N2O2/c1-16(2,3)11-17-13-7-12(8-15(19)20)9-18(10-13)14-5-4-6-14/h12-14,17H,4-11H2,1-3H3,(H,19,20). The number of hydrogen-bond acceptors (Lipinski definition) is 3. The number of piperidine rings is 1. The summed E-state index contributed by atoms with van der Waals surface area (Å²) in [6, 6.07) is 1.17. The molecule has 1 saturated carbocycles. The summed E-state index contributed by atoms with van der Waals surface area (Å²) in [5.74, 6) is -0.348. The largest absolute Gasteiger partial charge is 0.481 e. The first-order valence-corrected chi connectivity index (χ1v) is 8.03. The van der Waals surface area contributed by atoms with Gasteiger partial charge in [0.05, 0.1) is 0 Å². The number of hydrogen-bond donors (Lipinski definition) is 2. The number of likely N-dealkylation sites (tertiary alicyclic amines) is 1. The number of carbonyl (C=O) groups is 1. The third kappa shape index (κ3) is 4.74. The Kier molecular flexibility index (Phi) is 5.08. The summed E-state index contributed by atoms with van der Waals surface area (Å²) in [6.45, 7) is 9.78. The molecular weight excluding hydrogens is 252 g/mol. The van der Waals surface area contributed by atoms with Crippen molar-refractivity contribution in [3.8, 4) is 0 Å². The molecule has 0 aromatic rings. The van der Waals surface area contributed by atoms with Gasteiger partial charge in [-0.25, -0.2) is 0 Å². The van der Waals surface area contributed by atoms with Gasteiger partial charge in [0.15, 0.2) is 0 Å². The molecule has 2 atom stereocenters. The van der Waals surface area contributed by atoms with Gasteiger partial charge >= 0.3 is 5.97 Å². The smallest absolute Gasteiger partial charge is 0.303 e. The van der Waals surface area contributed by atoms with Crippen molar-refractivity contribution in [1.82, 2.24) is 10.2 Å². The molecule has 2 fully saturated rings. The molecule has 1 heterocycles. The predicted octanol–water partition coefficient (Wildman–Crippen LogP) is 2.34. The van der Waals surface area contributed by atoms with Gasteiger partial charge in [0.2, 0.25) is 0 Å². The van der Waals surface area contributed by atoms with E-state index in [1.54, 1.807) is 0 Å². The number of carboxylic acid groups (broad SMARTS) is 1. The van der Waals surface area contributed by atoms with Crippen molar-refractivity contribution in [3.05, 3.63) is 0 Å². The maximum Gasteiger partial charge on any atom is 0.303 e. The highest BCUT2D eigenvalue weighted by Gasteiger charge is 2.34. The first-order chi connectivity index (χ1) is 9.33. The van der Waals surface area contributed by atoms with Crippen LogP contribution in [0.3, 0.4) is 0 Å². The molecule has 2 unspecified atom stereocenters. The van der Waals surface area contributed by atoms with E-state index >= 15 is 0 Å². The molecule has 0 aromatic heterocycles. The van der Waals surface area contributed by atoms with Crippen LogP contribution in [0.4, 0.5) is 0 Å². The molecule has 1 saturated heterocycles. The van der Waals surface area contributed by atoms with Gasteiger partial charge < -0.3 is 10.4 Å². The Morgan fingerprint density at radius 2 is 2.00 bits per heavy atom. The van der Waals surface area contributed by atoms with E-state index in [0.29, 0.717) is 24.4 Å². The minimum Gasteiger partial charge on any atom is -0.481 e. The Morgan fingerprint density at radius 3 is 2.50 bits per heavy atom. The quantitative estimate of drug-likeness (QED) is 0.812. The molecule has 20 heavy (non-hydrogen) atoms. The summed E-state index contributed by atoms with van der Waals surface area (Å²) in [7, 11) is 0. The minimum atomic E-state index is -0.653. The second-order valence-electron chi connectivity index (χ2n) is 7.88. The third-order valence-corrected chi connectivity index (χ3v) is 4.54. The highest BCUT2D eigenvalue weighted by molar-refractivity contribution is 5.67. The molecule has 1 aliphatic carbocycles. The molecule has 116 valence electrons. The van der Waals surface area contributed by atoms with E-state index in [1.807, 2.05) is 0 Å². The van der Waals surface area contributed by atoms with E-state index in [0.717, 1.165) is 26.1 Å². The maximum atomic E-state index is 11.0. The average molecular weight is 282 g/mol. The van der Waals surface area contributed by atoms with Crippen LogP contribution in [0.25, 0.3) is 0 Å². The lowest BCUT2D eigenvalue weighted by molar-refractivity contribution is -0.138. The van der Waals surface area contributed by atoms with Crippen LogP contribution >= 0.6 is 0 Å². The van der Waals surface area contributed by atoms with E-state index in [-0.39, 0.29) is 5.41 Å². The molecule has 0 spiro atoms. The van der Waals surface area contributed by atoms with Crippen LogP contribution in [0, 0.1) is 11.3 Å². The van der Waals surface area contributed by atoms with Crippen molar-refractivity contribution < 1.29 is 9.90 Å². The summed E-state index contributed by atoms with van der Waals surface area (Å²) < 4.78 is 0. The Bertz CT molecular complexity index is 334. The second kappa shape index (κ2) is 6.44. The lowest BCUT2D eigenvalue weighted by atomic mass is 9.85. The van der Waals surface area contributed by atoms with Gasteiger partial charge in [-0.05, 0) is 30.6 Å². The number of nitrogens with zero attached hydrogens (tertiary/aromatic N) is 1. The van der Waals surface area contributed by atoms with Crippen LogP contribution in [0.15, 0.2) is 0 Å². The van der Waals surface area contributed by atoms with E-state index in [4.69, 9.17) is 5.11 Å². The van der Waals surface area contributed by atoms with Gasteiger partial charge in [-0.2, -0.15) is 0 Å². The Balaban J connectivity index is 1.90. The number of carboxylic acids is 1. The summed E-state index contributed by atoms with van der Waals surface area (Å²) in [5, 5.41) is 12.7. The molecule has 0 bridgehead atoms. The fraction of sp³-hybridized carbons (Fsp3) is 0.938. The van der Waals surface area contributed by atoms with Gasteiger partial charge in [-0.15, -0.1) is 0 Å². The van der Waals surface area contributed by atoms with Crippen LogP contribution in [0.2, 0.25) is 0 Å². The molecule has 4 nitrogen and oxygen atoms in total. The van der Waals surface area contributed by atoms with E-state index in [1.165, 1.54) is 19.3 Å². The lowest BCUT2D eigenvalue weighted by Crippen LogP contribution is -2.55. The first kappa shape index (κ1) is 15.8. The normalized spacial score (nSPS) is 29.1. The molecule has 0 radical (unpaired) electrons. The molecular formula is C16H30N2O2. The topological polar surface area (TPSA) is 52.6 Å². The van der Waals surface area contributed by atoms with Crippen LogP contribution < -0.4 is 5.32 Å². The molecule has 0 aromatic carbocycles. The van der Waals surface area contributed by atoms with Crippen molar-refractivity contribution in [3.63, 3.8) is 0 Å². The van der Waals surface area contributed by atoms with Crippen molar-refractivity contribution >= 4 is 5.97 Å². The van der Waals surface area contributed by atoms with Gasteiger partial charge in [-0.3, -0.25) is 9.69 Å². The van der Waals surface area contributed by atoms with Gasteiger partial charge in [0.1, 0.15) is 0 Å². The Morgan fingerprint density at radius 1 is 1.30 bits per heavy atom. The van der Waals surface area contributed by atoms with E-state index in [9.17, 15) is 4.79 Å². The second-order valence-corrected chi connectivity index (χ2v) is 7.88. The number of nitrogens with one attached hydrogen (secondary N) is 1. The van der Waals surface area contributed by atoms with E-state index in [2.05, 4.69) is 31.0 Å². The summed E-state index contributed by atoms with van der Waals surface area (Å²) >= 11 is 0. The van der Waals surface area contributed by atoms with E-state index < -0.39 is 5.97 Å². The monoisotopic (exact) mass is 282 g/mol. The number of rotatable bonds is 5. The molecule has 4 heteroatoms.